The van der Waals surface area contributed by atoms with E-state index in [1.165, 1.54) is 5.01 Å². The molecule has 1 aliphatic carbocycles. The Morgan fingerprint density at radius 1 is 1.26 bits per heavy atom. The summed E-state index contributed by atoms with van der Waals surface area (Å²) in [6.45, 7) is 5.93. The van der Waals surface area contributed by atoms with Crippen molar-refractivity contribution in [3.8, 4) is 5.75 Å². The Morgan fingerprint density at radius 3 is 2.52 bits per heavy atom. The van der Waals surface area contributed by atoms with Crippen molar-refractivity contribution < 1.29 is 14.3 Å². The number of aryl methyl sites for hydroxylation is 1. The van der Waals surface area contributed by atoms with Gasteiger partial charge in [-0.1, -0.05) is 26.0 Å². The first-order chi connectivity index (χ1) is 14.8. The van der Waals surface area contributed by atoms with Gasteiger partial charge in [0.2, 0.25) is 0 Å². The van der Waals surface area contributed by atoms with Crippen LogP contribution in [-0.4, -0.2) is 53.8 Å². The molecule has 8 heteroatoms. The quantitative estimate of drug-likeness (QED) is 0.350. The molecule has 1 heterocycles. The van der Waals surface area contributed by atoms with Crippen LogP contribution in [0.25, 0.3) is 5.70 Å². The maximum Gasteiger partial charge on any atom is 0.410 e. The monoisotopic (exact) mass is 431 g/mol. The van der Waals surface area contributed by atoms with Gasteiger partial charge in [-0.15, -0.1) is 0 Å². The average molecular weight is 432 g/mol. The molecule has 1 atom stereocenters. The summed E-state index contributed by atoms with van der Waals surface area (Å²) in [5.41, 5.74) is 8.50. The predicted octanol–water partition coefficient (Wildman–Crippen LogP) is 3.57. The number of likely N-dealkylation sites (N-methyl/N-ethyl adjacent to an activating group) is 1. The van der Waals surface area contributed by atoms with Gasteiger partial charge in [0, 0.05) is 26.6 Å². The summed E-state index contributed by atoms with van der Waals surface area (Å²) in [6.07, 6.45) is 8.74. The number of nitrogens with two attached hydrogens (primary N) is 2. The number of aromatic nitrogens is 1. The van der Waals surface area contributed by atoms with Crippen molar-refractivity contribution in [1.82, 2.24) is 14.9 Å². The van der Waals surface area contributed by atoms with E-state index in [0.29, 0.717) is 17.1 Å². The Morgan fingerprint density at radius 2 is 1.97 bits per heavy atom. The minimum Gasteiger partial charge on any atom is -0.488 e. The van der Waals surface area contributed by atoms with E-state index in [1.54, 1.807) is 25.1 Å². The van der Waals surface area contributed by atoms with E-state index in [1.807, 2.05) is 26.8 Å². The van der Waals surface area contributed by atoms with Crippen LogP contribution in [0.1, 0.15) is 57.3 Å². The second-order valence-corrected chi connectivity index (χ2v) is 7.91. The van der Waals surface area contributed by atoms with Crippen molar-refractivity contribution in [1.29, 1.82) is 0 Å². The number of carbonyl (C=O) groups excluding carboxylic acids is 1. The van der Waals surface area contributed by atoms with Crippen LogP contribution in [0.2, 0.25) is 0 Å². The molecule has 0 fully saturated rings. The molecule has 172 valence electrons. The fourth-order valence-corrected chi connectivity index (χ4v) is 3.61. The van der Waals surface area contributed by atoms with Crippen LogP contribution in [0.4, 0.5) is 4.79 Å². The molecular formula is C23H37N5O3. The van der Waals surface area contributed by atoms with Crippen LogP contribution in [0.3, 0.4) is 0 Å². The molecule has 8 nitrogen and oxygen atoms in total. The molecule has 0 aliphatic heterocycles. The SMILES string of the molecule is CCC(CC)N(C)C(=O)OC/C(=C(/N)c1ccc(OC2CC=CCC2)c(C)n1)N(C)N. The van der Waals surface area contributed by atoms with Gasteiger partial charge in [0.15, 0.2) is 0 Å². The van der Waals surface area contributed by atoms with E-state index in [0.717, 1.165) is 43.5 Å². The molecule has 0 spiro atoms. The summed E-state index contributed by atoms with van der Waals surface area (Å²) >= 11 is 0. The fourth-order valence-electron chi connectivity index (χ4n) is 3.61. The summed E-state index contributed by atoms with van der Waals surface area (Å²) < 4.78 is 11.6. The van der Waals surface area contributed by atoms with Gasteiger partial charge in [-0.2, -0.15) is 0 Å². The second-order valence-electron chi connectivity index (χ2n) is 7.91. The third-order valence-corrected chi connectivity index (χ3v) is 5.68. The molecule has 0 aromatic carbocycles. The van der Waals surface area contributed by atoms with Gasteiger partial charge >= 0.3 is 6.09 Å². The molecule has 2 rings (SSSR count). The maximum absolute atomic E-state index is 12.4. The summed E-state index contributed by atoms with van der Waals surface area (Å²) in [6, 6.07) is 3.81. The molecule has 1 unspecified atom stereocenters. The first-order valence-electron chi connectivity index (χ1n) is 10.9. The number of pyridine rings is 1. The minimum atomic E-state index is -0.407. The molecule has 1 amide bonds. The number of allylic oxidation sites excluding steroid dienone is 1. The normalized spacial score (nSPS) is 16.7. The highest BCUT2D eigenvalue weighted by molar-refractivity contribution is 5.69. The van der Waals surface area contributed by atoms with E-state index < -0.39 is 6.09 Å². The van der Waals surface area contributed by atoms with Crippen molar-refractivity contribution in [2.24, 2.45) is 11.6 Å². The molecule has 1 aromatic heterocycles. The lowest BCUT2D eigenvalue weighted by Crippen LogP contribution is -2.38. The first kappa shape index (κ1) is 24.5. The summed E-state index contributed by atoms with van der Waals surface area (Å²) in [5, 5.41) is 1.36. The largest absolute Gasteiger partial charge is 0.488 e. The number of hydrogen-bond acceptors (Lipinski definition) is 7. The van der Waals surface area contributed by atoms with Gasteiger partial charge in [0.05, 0.1) is 22.8 Å². The van der Waals surface area contributed by atoms with Gasteiger partial charge in [0.25, 0.3) is 0 Å². The van der Waals surface area contributed by atoms with Crippen LogP contribution >= 0.6 is 0 Å². The van der Waals surface area contributed by atoms with Gasteiger partial charge in [-0.05, 0) is 44.7 Å². The Kier molecular flexibility index (Phi) is 9.18. The molecule has 4 N–H and O–H groups in total. The molecule has 1 aliphatic rings. The molecule has 0 saturated carbocycles. The van der Waals surface area contributed by atoms with Crippen molar-refractivity contribution in [2.75, 3.05) is 20.7 Å². The standard InChI is InChI=1S/C23H37N5O3/c1-6-17(7-2)27(4)23(29)30-15-20(28(5)25)22(24)19-13-14-21(16(3)26-19)31-18-11-9-8-10-12-18/h8-9,13-14,17-18H,6-7,10-12,15,24-25H2,1-5H3/b22-20-. The Bertz CT molecular complexity index is 802. The third kappa shape index (κ3) is 6.62. The first-order valence-corrected chi connectivity index (χ1v) is 10.9. The lowest BCUT2D eigenvalue weighted by atomic mass is 10.0. The minimum absolute atomic E-state index is 0.0461. The molecule has 0 radical (unpaired) electrons. The zero-order chi connectivity index (χ0) is 23.0. The van der Waals surface area contributed by atoms with E-state index in [9.17, 15) is 4.79 Å². The second kappa shape index (κ2) is 11.6. The van der Waals surface area contributed by atoms with Gasteiger partial charge in [0.1, 0.15) is 18.5 Å². The summed E-state index contributed by atoms with van der Waals surface area (Å²) in [7, 11) is 3.40. The van der Waals surface area contributed by atoms with Crippen molar-refractivity contribution in [3.63, 3.8) is 0 Å². The highest BCUT2D eigenvalue weighted by Crippen LogP contribution is 2.24. The third-order valence-electron chi connectivity index (χ3n) is 5.68. The fraction of sp³-hybridized carbons (Fsp3) is 0.565. The van der Waals surface area contributed by atoms with Gasteiger partial charge in [-0.3, -0.25) is 0 Å². The van der Waals surface area contributed by atoms with Crippen LogP contribution in [-0.2, 0) is 4.74 Å². The molecule has 0 saturated heterocycles. The zero-order valence-corrected chi connectivity index (χ0v) is 19.4. The number of carbonyl (C=O) groups is 1. The maximum atomic E-state index is 12.4. The number of hydrogen-bond donors (Lipinski definition) is 2. The van der Waals surface area contributed by atoms with Crippen LogP contribution < -0.4 is 16.3 Å². The van der Waals surface area contributed by atoms with Crippen LogP contribution in [0.15, 0.2) is 30.0 Å². The lowest BCUT2D eigenvalue weighted by molar-refractivity contribution is 0.0973. The van der Waals surface area contributed by atoms with E-state index in [-0.39, 0.29) is 18.8 Å². The highest BCUT2D eigenvalue weighted by Gasteiger charge is 2.20. The van der Waals surface area contributed by atoms with E-state index in [4.69, 9.17) is 21.1 Å². The van der Waals surface area contributed by atoms with Crippen molar-refractivity contribution in [2.45, 2.75) is 65.0 Å². The average Bonchev–Trinajstić information content (AvgIpc) is 2.76. The Labute approximate surface area is 185 Å². The number of rotatable bonds is 9. The zero-order valence-electron chi connectivity index (χ0n) is 19.4. The highest BCUT2D eigenvalue weighted by atomic mass is 16.6. The smallest absolute Gasteiger partial charge is 0.410 e. The lowest BCUT2D eigenvalue weighted by Gasteiger charge is -2.26. The van der Waals surface area contributed by atoms with Gasteiger partial charge < -0.3 is 25.1 Å². The number of amides is 1. The summed E-state index contributed by atoms with van der Waals surface area (Å²) in [4.78, 5) is 18.6. The summed E-state index contributed by atoms with van der Waals surface area (Å²) in [5.74, 6) is 6.72. The van der Waals surface area contributed by atoms with E-state index in [2.05, 4.69) is 17.1 Å². The number of ether oxygens (including phenoxy) is 2. The van der Waals surface area contributed by atoms with Crippen molar-refractivity contribution >= 4 is 11.8 Å². The number of hydrazine groups is 1. The molecule has 1 aromatic rings. The Hall–Kier alpha value is -2.74. The topological polar surface area (TPSA) is 107 Å². The Balaban J connectivity index is 2.13. The van der Waals surface area contributed by atoms with Crippen molar-refractivity contribution in [3.05, 3.63) is 41.4 Å². The molecule has 31 heavy (non-hydrogen) atoms. The molecule has 0 bridgehead atoms. The van der Waals surface area contributed by atoms with Crippen LogP contribution in [0, 0.1) is 6.92 Å². The number of nitrogens with zero attached hydrogens (tertiary/aromatic N) is 3. The molecular weight excluding hydrogens is 394 g/mol. The van der Waals surface area contributed by atoms with E-state index >= 15 is 0 Å². The van der Waals surface area contributed by atoms with Gasteiger partial charge in [-0.25, -0.2) is 15.6 Å². The van der Waals surface area contributed by atoms with Crippen LogP contribution in [0.5, 0.6) is 5.75 Å². The predicted molar refractivity (Wildman–Crippen MR) is 123 cm³/mol.